The Morgan fingerprint density at radius 2 is 1.78 bits per heavy atom. The largest absolute Gasteiger partial charge is 0.457 e. The third-order valence-electron chi connectivity index (χ3n) is 10.7. The number of amides is 1. The maximum atomic E-state index is 15.7. The second-order valence-corrected chi connectivity index (χ2v) is 17.0. The highest BCUT2D eigenvalue weighted by atomic mass is 32.2. The number of allylic oxidation sites excluding steroid dienone is 1. The minimum absolute atomic E-state index is 0.0142. The van der Waals surface area contributed by atoms with Crippen LogP contribution in [-0.2, 0) is 14.8 Å². The lowest BCUT2D eigenvalue weighted by molar-refractivity contribution is -0.128. The van der Waals surface area contributed by atoms with Crippen LogP contribution in [-0.4, -0.2) is 99.2 Å². The number of anilines is 1. The molecule has 0 radical (unpaired) electrons. The molecule has 2 aliphatic rings. The van der Waals surface area contributed by atoms with Crippen LogP contribution in [0.25, 0.3) is 22.3 Å². The second kappa shape index (κ2) is 17.3. The topological polar surface area (TPSA) is 164 Å². The van der Waals surface area contributed by atoms with Crippen molar-refractivity contribution in [2.45, 2.75) is 76.8 Å². The third kappa shape index (κ3) is 9.49. The SMILES string of the molecule is CC(C)(CCCCCC/C=C(\C#N)C(=O)N1CCC[C@@H](n2nc(-c3ccc(Oc4ccccc4)cc3F)c3c(N)ncnc32)C1)N1CCN(S(C)(=O)=O)CC1. The van der Waals surface area contributed by atoms with E-state index in [1.165, 1.54) is 18.6 Å². The smallest absolute Gasteiger partial charge is 0.264 e. The van der Waals surface area contributed by atoms with Crippen LogP contribution in [0.1, 0.15) is 71.3 Å². The van der Waals surface area contributed by atoms with Gasteiger partial charge in [0.25, 0.3) is 5.91 Å². The number of aromatic nitrogens is 4. The fourth-order valence-electron chi connectivity index (χ4n) is 7.59. The molecule has 0 spiro atoms. The molecule has 0 aliphatic carbocycles. The number of sulfonamides is 1. The normalized spacial score (nSPS) is 17.7. The number of carbonyl (C=O) groups is 1. The van der Waals surface area contributed by atoms with Crippen molar-refractivity contribution in [2.24, 2.45) is 0 Å². The van der Waals surface area contributed by atoms with E-state index >= 15 is 4.39 Å². The summed E-state index contributed by atoms with van der Waals surface area (Å²) in [7, 11) is -3.15. The van der Waals surface area contributed by atoms with Gasteiger partial charge in [-0.1, -0.05) is 43.5 Å². The first kappa shape index (κ1) is 39.8. The van der Waals surface area contributed by atoms with Crippen LogP contribution in [0.3, 0.4) is 0 Å². The van der Waals surface area contributed by atoms with E-state index in [9.17, 15) is 18.5 Å². The molecule has 0 saturated carbocycles. The van der Waals surface area contributed by atoms with Crippen molar-refractivity contribution in [3.63, 3.8) is 0 Å². The molecule has 4 aromatic rings. The number of fused-ring (bicyclic) bond motifs is 1. The maximum Gasteiger partial charge on any atom is 0.264 e. The standard InChI is InChI=1S/C40H50FN9O4S/c1-40(2,48-21-23-49(24-22-48)55(3,52)53)19-11-6-4-5-8-13-29(26-42)39(51)47-20-12-14-30(27-47)50-38-35(37(43)44-28-45-38)36(46-50)33-18-17-32(25-34(33)41)54-31-15-9-7-10-16-31/h7,9-10,13,15-18,25,28,30H,4-6,8,11-12,14,19-24,27H2,1-3H3,(H2,43,44,45)/b29-13+/t30-/m1/s1. The molecule has 2 N–H and O–H groups in total. The lowest BCUT2D eigenvalue weighted by Crippen LogP contribution is -2.55. The van der Waals surface area contributed by atoms with Crippen LogP contribution >= 0.6 is 0 Å². The third-order valence-corrected chi connectivity index (χ3v) is 12.0. The second-order valence-electron chi connectivity index (χ2n) is 15.0. The summed E-state index contributed by atoms with van der Waals surface area (Å²) in [4.78, 5) is 26.3. The molecule has 0 unspecified atom stereocenters. The zero-order valence-electron chi connectivity index (χ0n) is 31.8. The van der Waals surface area contributed by atoms with Crippen LogP contribution in [0.4, 0.5) is 10.2 Å². The van der Waals surface area contributed by atoms with Gasteiger partial charge in [-0.3, -0.25) is 9.69 Å². The number of nitriles is 1. The van der Waals surface area contributed by atoms with Crippen molar-refractivity contribution in [1.82, 2.24) is 33.9 Å². The van der Waals surface area contributed by atoms with Gasteiger partial charge < -0.3 is 15.4 Å². The molecule has 2 aliphatic heterocycles. The van der Waals surface area contributed by atoms with Gasteiger partial charge in [-0.05, 0) is 70.2 Å². The predicted molar refractivity (Wildman–Crippen MR) is 210 cm³/mol. The van der Waals surface area contributed by atoms with E-state index in [0.29, 0.717) is 73.7 Å². The molecule has 2 aromatic heterocycles. The Hall–Kier alpha value is -4.91. The van der Waals surface area contributed by atoms with Gasteiger partial charge in [0.2, 0.25) is 10.0 Å². The number of hydrogen-bond acceptors (Lipinski definition) is 10. The number of hydrogen-bond donors (Lipinski definition) is 1. The molecule has 13 nitrogen and oxygen atoms in total. The van der Waals surface area contributed by atoms with Crippen molar-refractivity contribution in [3.05, 3.63) is 72.3 Å². The summed E-state index contributed by atoms with van der Waals surface area (Å²) in [6, 6.07) is 15.5. The molecule has 2 saturated heterocycles. The van der Waals surface area contributed by atoms with Crippen molar-refractivity contribution in [3.8, 4) is 28.8 Å². The molecule has 1 atom stereocenters. The van der Waals surface area contributed by atoms with Gasteiger partial charge in [-0.25, -0.2) is 27.5 Å². The Labute approximate surface area is 322 Å². The zero-order chi connectivity index (χ0) is 39.2. The van der Waals surface area contributed by atoms with Gasteiger partial charge >= 0.3 is 0 Å². The summed E-state index contributed by atoms with van der Waals surface area (Å²) in [5, 5.41) is 15.2. The van der Waals surface area contributed by atoms with E-state index in [-0.39, 0.29) is 34.4 Å². The molecule has 55 heavy (non-hydrogen) atoms. The minimum Gasteiger partial charge on any atom is -0.457 e. The van der Waals surface area contributed by atoms with Gasteiger partial charge in [0.1, 0.15) is 46.8 Å². The number of piperazine rings is 1. The Kier molecular flexibility index (Phi) is 12.5. The lowest BCUT2D eigenvalue weighted by Gasteiger charge is -2.43. The number of ether oxygens (including phenoxy) is 1. The monoisotopic (exact) mass is 771 g/mol. The summed E-state index contributed by atoms with van der Waals surface area (Å²) in [6.45, 7) is 7.78. The van der Waals surface area contributed by atoms with Crippen molar-refractivity contribution in [1.29, 1.82) is 5.26 Å². The zero-order valence-corrected chi connectivity index (χ0v) is 32.6. The summed E-state index contributed by atoms with van der Waals surface area (Å²) in [5.41, 5.74) is 7.41. The molecular weight excluding hydrogens is 722 g/mol. The van der Waals surface area contributed by atoms with Gasteiger partial charge in [0.15, 0.2) is 5.65 Å². The first-order valence-corrected chi connectivity index (χ1v) is 20.8. The first-order chi connectivity index (χ1) is 26.4. The quantitative estimate of drug-likeness (QED) is 0.0873. The molecule has 1 amide bonds. The summed E-state index contributed by atoms with van der Waals surface area (Å²) < 4.78 is 48.5. The number of nitrogens with two attached hydrogens (primary N) is 1. The van der Waals surface area contributed by atoms with E-state index < -0.39 is 15.8 Å². The Bertz CT molecular complexity index is 2160. The minimum atomic E-state index is -3.15. The number of nitrogens with zero attached hydrogens (tertiary/aromatic N) is 8. The van der Waals surface area contributed by atoms with E-state index in [4.69, 9.17) is 15.6 Å². The number of rotatable bonds is 14. The summed E-state index contributed by atoms with van der Waals surface area (Å²) in [6.07, 6.45) is 11.3. The number of likely N-dealkylation sites (tertiary alicyclic amines) is 1. The fraction of sp³-hybridized carbons (Fsp3) is 0.475. The fourth-order valence-corrected chi connectivity index (χ4v) is 8.42. The highest BCUT2D eigenvalue weighted by Crippen LogP contribution is 2.36. The highest BCUT2D eigenvalue weighted by molar-refractivity contribution is 7.88. The average Bonchev–Trinajstić information content (AvgIpc) is 3.56. The van der Waals surface area contributed by atoms with Crippen molar-refractivity contribution < 1.29 is 22.3 Å². The average molecular weight is 772 g/mol. The first-order valence-electron chi connectivity index (χ1n) is 19.0. The Morgan fingerprint density at radius 1 is 1.04 bits per heavy atom. The van der Waals surface area contributed by atoms with Crippen LogP contribution in [0.5, 0.6) is 11.5 Å². The number of nitrogen functional groups attached to an aromatic ring is 1. The van der Waals surface area contributed by atoms with E-state index in [1.807, 2.05) is 18.2 Å². The molecule has 292 valence electrons. The maximum absolute atomic E-state index is 15.7. The van der Waals surface area contributed by atoms with Crippen LogP contribution < -0.4 is 10.5 Å². The van der Waals surface area contributed by atoms with Crippen LogP contribution in [0, 0.1) is 17.1 Å². The van der Waals surface area contributed by atoms with Gasteiger partial charge in [0.05, 0.1) is 17.7 Å². The predicted octanol–water partition coefficient (Wildman–Crippen LogP) is 6.32. The highest BCUT2D eigenvalue weighted by Gasteiger charge is 2.33. The molecule has 0 bridgehead atoms. The van der Waals surface area contributed by atoms with E-state index in [1.54, 1.807) is 44.2 Å². The van der Waals surface area contributed by atoms with Gasteiger partial charge in [-0.2, -0.15) is 14.7 Å². The van der Waals surface area contributed by atoms with Crippen molar-refractivity contribution >= 4 is 32.8 Å². The van der Waals surface area contributed by atoms with Crippen LogP contribution in [0.2, 0.25) is 0 Å². The van der Waals surface area contributed by atoms with E-state index in [2.05, 4.69) is 34.8 Å². The Balaban J connectivity index is 1.05. The molecular formula is C40H50FN9O4S. The molecule has 4 heterocycles. The van der Waals surface area contributed by atoms with E-state index in [0.717, 1.165) is 45.2 Å². The number of piperidine rings is 1. The Morgan fingerprint density at radius 3 is 2.49 bits per heavy atom. The number of carbonyl (C=O) groups excluding carboxylic acids is 1. The van der Waals surface area contributed by atoms with Gasteiger partial charge in [-0.15, -0.1) is 0 Å². The number of unbranched alkanes of at least 4 members (excludes halogenated alkanes) is 4. The molecule has 15 heteroatoms. The van der Waals surface area contributed by atoms with Crippen LogP contribution in [0.15, 0.2) is 66.5 Å². The van der Waals surface area contributed by atoms with Gasteiger partial charge in [0, 0.05) is 56.4 Å². The molecule has 2 aromatic carbocycles. The number of halogens is 1. The lowest BCUT2D eigenvalue weighted by atomic mass is 9.93. The summed E-state index contributed by atoms with van der Waals surface area (Å²) >= 11 is 0. The summed E-state index contributed by atoms with van der Waals surface area (Å²) in [5.74, 6) is 0.237. The number of para-hydroxylation sites is 1. The number of benzene rings is 2. The molecule has 2 fully saturated rings. The molecule has 6 rings (SSSR count). The van der Waals surface area contributed by atoms with Crippen molar-refractivity contribution in [2.75, 3.05) is 51.3 Å².